The highest BCUT2D eigenvalue weighted by Crippen LogP contribution is 2.24. The number of hydrogen-bond donors (Lipinski definition) is 1. The lowest BCUT2D eigenvalue weighted by atomic mass is 9.97. The molecule has 0 aromatic heterocycles. The van der Waals surface area contributed by atoms with Gasteiger partial charge in [0.2, 0.25) is 0 Å². The SMILES string of the molecule is CC(C)(O)CN1CCc2c(F)cc(F)cc2C1. The Morgan fingerprint density at radius 3 is 2.71 bits per heavy atom. The molecule has 2 nitrogen and oxygen atoms in total. The molecule has 94 valence electrons. The third kappa shape index (κ3) is 3.01. The highest BCUT2D eigenvalue weighted by molar-refractivity contribution is 5.31. The van der Waals surface area contributed by atoms with Gasteiger partial charge in [-0.2, -0.15) is 0 Å². The molecule has 17 heavy (non-hydrogen) atoms. The standard InChI is InChI=1S/C13H17F2NO/c1-13(2,17)8-16-4-3-11-9(7-16)5-10(14)6-12(11)15/h5-6,17H,3-4,7-8H2,1-2H3. The Bertz CT molecular complexity index is 426. The smallest absolute Gasteiger partial charge is 0.129 e. The van der Waals surface area contributed by atoms with E-state index in [4.69, 9.17) is 0 Å². The second-order valence-corrected chi connectivity index (χ2v) is 5.30. The molecule has 0 saturated carbocycles. The Morgan fingerprint density at radius 1 is 1.35 bits per heavy atom. The number of rotatable bonds is 2. The lowest BCUT2D eigenvalue weighted by molar-refractivity contribution is 0.0315. The summed E-state index contributed by atoms with van der Waals surface area (Å²) in [4.78, 5) is 2.02. The molecular weight excluding hydrogens is 224 g/mol. The summed E-state index contributed by atoms with van der Waals surface area (Å²) in [5.41, 5.74) is 0.514. The molecule has 0 bridgehead atoms. The molecule has 1 N–H and O–H groups in total. The van der Waals surface area contributed by atoms with E-state index >= 15 is 0 Å². The van der Waals surface area contributed by atoms with Gasteiger partial charge < -0.3 is 5.11 Å². The summed E-state index contributed by atoms with van der Waals surface area (Å²) >= 11 is 0. The topological polar surface area (TPSA) is 23.5 Å². The summed E-state index contributed by atoms with van der Waals surface area (Å²) in [6.07, 6.45) is 0.567. The van der Waals surface area contributed by atoms with Crippen molar-refractivity contribution >= 4 is 0 Å². The van der Waals surface area contributed by atoms with Gasteiger partial charge in [-0.25, -0.2) is 8.78 Å². The lowest BCUT2D eigenvalue weighted by Gasteiger charge is -2.33. The Kier molecular flexibility index (Phi) is 3.19. The van der Waals surface area contributed by atoms with Crippen molar-refractivity contribution in [2.75, 3.05) is 13.1 Å². The van der Waals surface area contributed by atoms with Gasteiger partial charge in [-0.05, 0) is 37.5 Å². The van der Waals surface area contributed by atoms with Gasteiger partial charge in [-0.1, -0.05) is 0 Å². The molecule has 0 unspecified atom stereocenters. The molecule has 1 heterocycles. The molecule has 1 aliphatic heterocycles. The summed E-state index contributed by atoms with van der Waals surface area (Å²) in [5, 5.41) is 9.74. The predicted molar refractivity (Wildman–Crippen MR) is 61.6 cm³/mol. The van der Waals surface area contributed by atoms with Crippen molar-refractivity contribution in [2.45, 2.75) is 32.4 Å². The van der Waals surface area contributed by atoms with Crippen LogP contribution < -0.4 is 0 Å². The summed E-state index contributed by atoms with van der Waals surface area (Å²) in [5.74, 6) is -0.991. The van der Waals surface area contributed by atoms with E-state index in [9.17, 15) is 13.9 Å². The molecule has 0 atom stereocenters. The molecule has 4 heteroatoms. The largest absolute Gasteiger partial charge is 0.389 e. The van der Waals surface area contributed by atoms with Gasteiger partial charge >= 0.3 is 0 Å². The first kappa shape index (κ1) is 12.5. The number of halogens is 2. The van der Waals surface area contributed by atoms with Crippen LogP contribution >= 0.6 is 0 Å². The van der Waals surface area contributed by atoms with E-state index in [0.29, 0.717) is 37.2 Å². The lowest BCUT2D eigenvalue weighted by Crippen LogP contribution is -2.41. The van der Waals surface area contributed by atoms with Crippen molar-refractivity contribution in [1.82, 2.24) is 4.90 Å². The van der Waals surface area contributed by atoms with Crippen LogP contribution in [0.1, 0.15) is 25.0 Å². The second kappa shape index (κ2) is 4.35. The number of hydrogen-bond acceptors (Lipinski definition) is 2. The number of nitrogens with zero attached hydrogens (tertiary/aromatic N) is 1. The fourth-order valence-corrected chi connectivity index (χ4v) is 2.35. The van der Waals surface area contributed by atoms with E-state index in [1.807, 2.05) is 4.90 Å². The van der Waals surface area contributed by atoms with Gasteiger partial charge in [0.1, 0.15) is 11.6 Å². The van der Waals surface area contributed by atoms with Gasteiger partial charge in [0.25, 0.3) is 0 Å². The maximum absolute atomic E-state index is 13.5. The van der Waals surface area contributed by atoms with Crippen LogP contribution in [0, 0.1) is 11.6 Å². The van der Waals surface area contributed by atoms with Crippen molar-refractivity contribution in [3.05, 3.63) is 34.9 Å². The fourth-order valence-electron chi connectivity index (χ4n) is 2.35. The minimum atomic E-state index is -0.788. The number of aliphatic hydroxyl groups is 1. The van der Waals surface area contributed by atoms with Crippen LogP contribution in [0.25, 0.3) is 0 Å². The van der Waals surface area contributed by atoms with Gasteiger partial charge in [-0.15, -0.1) is 0 Å². The van der Waals surface area contributed by atoms with E-state index in [1.165, 1.54) is 6.07 Å². The van der Waals surface area contributed by atoms with Gasteiger partial charge in [0.05, 0.1) is 5.60 Å². The summed E-state index contributed by atoms with van der Waals surface area (Å²) < 4.78 is 26.6. The normalized spacial score (nSPS) is 17.0. The van der Waals surface area contributed by atoms with Crippen molar-refractivity contribution < 1.29 is 13.9 Å². The molecule has 0 amide bonds. The Balaban J connectivity index is 2.19. The Labute approximate surface area is 99.9 Å². The van der Waals surface area contributed by atoms with E-state index < -0.39 is 17.2 Å². The molecular formula is C13H17F2NO. The maximum Gasteiger partial charge on any atom is 0.129 e. The molecule has 1 aromatic rings. The van der Waals surface area contributed by atoms with E-state index in [2.05, 4.69) is 0 Å². The molecule has 0 spiro atoms. The van der Waals surface area contributed by atoms with Crippen LogP contribution in [-0.4, -0.2) is 28.7 Å². The van der Waals surface area contributed by atoms with E-state index in [1.54, 1.807) is 13.8 Å². The van der Waals surface area contributed by atoms with Crippen LogP contribution in [0.3, 0.4) is 0 Å². The van der Waals surface area contributed by atoms with E-state index in [0.717, 1.165) is 6.07 Å². The van der Waals surface area contributed by atoms with Crippen LogP contribution in [-0.2, 0) is 13.0 Å². The van der Waals surface area contributed by atoms with Crippen LogP contribution in [0.4, 0.5) is 8.78 Å². The minimum Gasteiger partial charge on any atom is -0.389 e. The van der Waals surface area contributed by atoms with Crippen LogP contribution in [0.15, 0.2) is 12.1 Å². The van der Waals surface area contributed by atoms with Gasteiger partial charge in [-0.3, -0.25) is 4.90 Å². The quantitative estimate of drug-likeness (QED) is 0.857. The average molecular weight is 241 g/mol. The third-order valence-electron chi connectivity index (χ3n) is 2.94. The number of fused-ring (bicyclic) bond motifs is 1. The van der Waals surface area contributed by atoms with Crippen LogP contribution in [0.5, 0.6) is 0 Å². The summed E-state index contributed by atoms with van der Waals surface area (Å²) in [7, 11) is 0. The zero-order valence-electron chi connectivity index (χ0n) is 10.1. The molecule has 0 radical (unpaired) electrons. The van der Waals surface area contributed by atoms with Gasteiger partial charge in [0, 0.05) is 25.7 Å². The van der Waals surface area contributed by atoms with Crippen molar-refractivity contribution in [2.24, 2.45) is 0 Å². The first-order chi connectivity index (χ1) is 7.85. The molecule has 0 fully saturated rings. The minimum absolute atomic E-state index is 0.456. The van der Waals surface area contributed by atoms with Crippen molar-refractivity contribution in [3.63, 3.8) is 0 Å². The van der Waals surface area contributed by atoms with Crippen molar-refractivity contribution in [3.8, 4) is 0 Å². The highest BCUT2D eigenvalue weighted by Gasteiger charge is 2.24. The zero-order chi connectivity index (χ0) is 12.6. The van der Waals surface area contributed by atoms with E-state index in [-0.39, 0.29) is 0 Å². The van der Waals surface area contributed by atoms with Crippen molar-refractivity contribution in [1.29, 1.82) is 0 Å². The summed E-state index contributed by atoms with van der Waals surface area (Å²) in [6.45, 7) is 5.15. The molecule has 1 aromatic carbocycles. The second-order valence-electron chi connectivity index (χ2n) is 5.30. The average Bonchev–Trinajstić information content (AvgIpc) is 2.13. The molecule has 2 rings (SSSR count). The predicted octanol–water partition coefficient (Wildman–Crippen LogP) is 2.09. The first-order valence-corrected chi connectivity index (χ1v) is 5.77. The molecule has 1 aliphatic rings. The maximum atomic E-state index is 13.5. The number of benzene rings is 1. The molecule has 0 saturated heterocycles. The fraction of sp³-hybridized carbons (Fsp3) is 0.538. The Morgan fingerprint density at radius 2 is 2.06 bits per heavy atom. The highest BCUT2D eigenvalue weighted by atomic mass is 19.1. The zero-order valence-corrected chi connectivity index (χ0v) is 10.1. The van der Waals surface area contributed by atoms with Crippen LogP contribution in [0.2, 0.25) is 0 Å². The monoisotopic (exact) mass is 241 g/mol. The third-order valence-corrected chi connectivity index (χ3v) is 2.94. The summed E-state index contributed by atoms with van der Waals surface area (Å²) in [6, 6.07) is 2.32. The van der Waals surface area contributed by atoms with Gasteiger partial charge in [0.15, 0.2) is 0 Å². The first-order valence-electron chi connectivity index (χ1n) is 5.77. The molecule has 0 aliphatic carbocycles. The Hall–Kier alpha value is -1.00. The number of β-amino-alcohol motifs (C(OH)–C–C–N with tert-alkyl or cyclic N) is 1.